The van der Waals surface area contributed by atoms with E-state index in [2.05, 4.69) is 24.8 Å². The van der Waals surface area contributed by atoms with Crippen molar-refractivity contribution in [2.45, 2.75) is 20.3 Å². The Hall–Kier alpha value is -1.88. The smallest absolute Gasteiger partial charge is 0.111 e. The fourth-order valence-electron chi connectivity index (χ4n) is 1.95. The Morgan fingerprint density at radius 3 is 2.82 bits per heavy atom. The van der Waals surface area contributed by atoms with Gasteiger partial charge in [0.05, 0.1) is 5.52 Å². The first-order valence-electron chi connectivity index (χ1n) is 5.70. The van der Waals surface area contributed by atoms with Crippen LogP contribution in [-0.2, 0) is 6.42 Å². The van der Waals surface area contributed by atoms with Gasteiger partial charge in [-0.25, -0.2) is 0 Å². The molecule has 0 spiro atoms. The fraction of sp³-hybridized carbons (Fsp3) is 0.267. The molecule has 0 amide bonds. The van der Waals surface area contributed by atoms with Crippen molar-refractivity contribution >= 4 is 10.9 Å². The summed E-state index contributed by atoms with van der Waals surface area (Å²) in [5.74, 6) is 3.02. The molecule has 1 heterocycles. The normalized spacial score (nSPS) is 10.4. The molecule has 1 nitrogen and oxygen atoms in total. The maximum Gasteiger partial charge on any atom is 0.111 e. The third-order valence-corrected chi connectivity index (χ3v) is 2.65. The second-order valence-corrected chi connectivity index (χ2v) is 4.52. The number of fused-ring (bicyclic) bond motifs is 1. The zero-order valence-electron chi connectivity index (χ0n) is 10.00. The lowest BCUT2D eigenvalue weighted by Gasteiger charge is -2.08. The second kappa shape index (κ2) is 4.97. The summed E-state index contributed by atoms with van der Waals surface area (Å²) >= 11 is 0. The van der Waals surface area contributed by atoms with Crippen molar-refractivity contribution in [1.29, 1.82) is 0 Å². The zero-order chi connectivity index (χ0) is 12.3. The molecule has 1 aromatic carbocycles. The van der Waals surface area contributed by atoms with E-state index in [1.54, 1.807) is 6.07 Å². The van der Waals surface area contributed by atoms with Crippen LogP contribution in [0.2, 0.25) is 0 Å². The van der Waals surface area contributed by atoms with Crippen LogP contribution < -0.4 is 0 Å². The van der Waals surface area contributed by atoms with Gasteiger partial charge in [-0.2, -0.15) is 0 Å². The summed E-state index contributed by atoms with van der Waals surface area (Å²) in [4.78, 5) is 4.31. The van der Waals surface area contributed by atoms with Crippen LogP contribution in [0, 0.1) is 18.0 Å². The largest absolute Gasteiger partial charge is 0.256 e. The highest BCUT2D eigenvalue weighted by Gasteiger charge is 2.04. The summed E-state index contributed by atoms with van der Waals surface area (Å²) in [6.07, 6.45) is 4.25. The molecule has 0 aliphatic rings. The lowest BCUT2D eigenvalue weighted by Crippen LogP contribution is -1.96. The van der Waals surface area contributed by atoms with Crippen molar-refractivity contribution in [2.24, 2.45) is 5.92 Å². The average Bonchev–Trinajstić information content (AvgIpc) is 2.29. The van der Waals surface area contributed by atoms with Crippen molar-refractivity contribution in [3.8, 4) is 12.1 Å². The lowest BCUT2D eigenvalue weighted by atomic mass is 9.98. The summed E-state index contributed by atoms with van der Waals surface area (Å²) in [7, 11) is 0. The molecule has 0 radical (unpaired) electrons. The summed E-state index contributed by atoms with van der Waals surface area (Å²) in [5.41, 5.74) is 2.87. The molecule has 0 atom stereocenters. The van der Waals surface area contributed by atoms with Crippen molar-refractivity contribution in [3.63, 3.8) is 0 Å². The van der Waals surface area contributed by atoms with Gasteiger partial charge < -0.3 is 0 Å². The fourth-order valence-corrected chi connectivity index (χ4v) is 1.95. The number of hydrogen-bond acceptors (Lipinski definition) is 1. The Bertz CT molecular complexity index is 591. The van der Waals surface area contributed by atoms with Crippen LogP contribution in [0.1, 0.15) is 25.0 Å². The molecule has 0 aliphatic heterocycles. The van der Waals surface area contributed by atoms with Gasteiger partial charge >= 0.3 is 0 Å². The Balaban J connectivity index is 2.58. The van der Waals surface area contributed by atoms with Gasteiger partial charge in [0.25, 0.3) is 0 Å². The maximum atomic E-state index is 12.0. The first-order chi connectivity index (χ1) is 8.20. The van der Waals surface area contributed by atoms with E-state index in [9.17, 15) is 4.39 Å². The van der Waals surface area contributed by atoms with Gasteiger partial charge in [-0.1, -0.05) is 13.8 Å². The van der Waals surface area contributed by atoms with Gasteiger partial charge in [-0.05, 0) is 48.1 Å². The standard InChI is InChI=1S/C15H14FN/c1-11(2)9-13-6-8-17-15-4-3-12(5-7-16)10-14(13)15/h3-4,6,8,10-11H,9H2,1-2H3. The summed E-state index contributed by atoms with van der Waals surface area (Å²) in [6, 6.07) is 7.61. The van der Waals surface area contributed by atoms with Gasteiger partial charge in [0.2, 0.25) is 0 Å². The molecule has 2 heteroatoms. The Kier molecular flexibility index (Phi) is 3.39. The molecule has 0 saturated heterocycles. The third-order valence-electron chi connectivity index (χ3n) is 2.65. The van der Waals surface area contributed by atoms with Crippen molar-refractivity contribution in [2.75, 3.05) is 0 Å². The molecule has 0 fully saturated rings. The minimum absolute atomic E-state index is 0.580. The molecule has 0 aliphatic carbocycles. The van der Waals surface area contributed by atoms with Gasteiger partial charge in [0.15, 0.2) is 0 Å². The Morgan fingerprint density at radius 2 is 2.12 bits per heavy atom. The molecule has 2 aromatic rings. The maximum absolute atomic E-state index is 12.0. The average molecular weight is 227 g/mol. The molecule has 0 bridgehead atoms. The predicted octanol–water partition coefficient (Wildman–Crippen LogP) is 3.71. The molecule has 86 valence electrons. The highest BCUT2D eigenvalue weighted by Crippen LogP contribution is 2.20. The summed E-state index contributed by atoms with van der Waals surface area (Å²) in [5, 5.41) is 1.07. The summed E-state index contributed by atoms with van der Waals surface area (Å²) in [6.45, 7) is 4.36. The van der Waals surface area contributed by atoms with E-state index in [0.717, 1.165) is 17.3 Å². The number of nitrogens with zero attached hydrogens (tertiary/aromatic N) is 1. The van der Waals surface area contributed by atoms with E-state index in [4.69, 9.17) is 0 Å². The monoisotopic (exact) mass is 227 g/mol. The second-order valence-electron chi connectivity index (χ2n) is 4.52. The van der Waals surface area contributed by atoms with E-state index >= 15 is 0 Å². The third kappa shape index (κ3) is 2.62. The van der Waals surface area contributed by atoms with E-state index < -0.39 is 0 Å². The topological polar surface area (TPSA) is 12.9 Å². The van der Waals surface area contributed by atoms with Gasteiger partial charge in [0.1, 0.15) is 6.17 Å². The van der Waals surface area contributed by atoms with Crippen LogP contribution in [0.25, 0.3) is 10.9 Å². The van der Waals surface area contributed by atoms with Crippen LogP contribution >= 0.6 is 0 Å². The molecule has 2 rings (SSSR count). The van der Waals surface area contributed by atoms with Crippen LogP contribution in [0.4, 0.5) is 4.39 Å². The van der Waals surface area contributed by atoms with Crippen molar-refractivity contribution < 1.29 is 4.39 Å². The molecule has 0 saturated carbocycles. The van der Waals surface area contributed by atoms with Gasteiger partial charge in [-0.15, -0.1) is 4.39 Å². The van der Waals surface area contributed by atoms with Crippen molar-refractivity contribution in [3.05, 3.63) is 41.6 Å². The number of halogens is 1. The number of pyridine rings is 1. The van der Waals surface area contributed by atoms with Crippen LogP contribution in [0.5, 0.6) is 0 Å². The molecule has 0 N–H and O–H groups in total. The van der Waals surface area contributed by atoms with Crippen molar-refractivity contribution in [1.82, 2.24) is 4.98 Å². The van der Waals surface area contributed by atoms with E-state index in [1.807, 2.05) is 24.4 Å². The zero-order valence-corrected chi connectivity index (χ0v) is 10.00. The van der Waals surface area contributed by atoms with Gasteiger partial charge in [0, 0.05) is 17.1 Å². The van der Waals surface area contributed by atoms with E-state index in [1.165, 1.54) is 11.7 Å². The predicted molar refractivity (Wildman–Crippen MR) is 68.3 cm³/mol. The minimum Gasteiger partial charge on any atom is -0.256 e. The number of aromatic nitrogens is 1. The number of hydrogen-bond donors (Lipinski definition) is 0. The summed E-state index contributed by atoms with van der Waals surface area (Å²) < 4.78 is 12.0. The Labute approximate surface area is 101 Å². The van der Waals surface area contributed by atoms with Crippen LogP contribution in [0.15, 0.2) is 30.5 Å². The van der Waals surface area contributed by atoms with Crippen LogP contribution in [-0.4, -0.2) is 4.98 Å². The van der Waals surface area contributed by atoms with Gasteiger partial charge in [-0.3, -0.25) is 4.98 Å². The number of benzene rings is 1. The van der Waals surface area contributed by atoms with E-state index in [0.29, 0.717) is 11.5 Å². The lowest BCUT2D eigenvalue weighted by molar-refractivity contribution is 0.650. The highest BCUT2D eigenvalue weighted by molar-refractivity contribution is 5.83. The SMILES string of the molecule is CC(C)Cc1ccnc2ccc(C#CF)cc12. The minimum atomic E-state index is 0.580. The van der Waals surface area contributed by atoms with Crippen LogP contribution in [0.3, 0.4) is 0 Å². The first-order valence-corrected chi connectivity index (χ1v) is 5.70. The first kappa shape index (κ1) is 11.6. The molecular weight excluding hydrogens is 213 g/mol. The Morgan fingerprint density at radius 1 is 1.29 bits per heavy atom. The highest BCUT2D eigenvalue weighted by atomic mass is 19.1. The number of rotatable bonds is 2. The molecule has 0 unspecified atom stereocenters. The van der Waals surface area contributed by atoms with E-state index in [-0.39, 0.29) is 0 Å². The molecular formula is C15H14FN. The molecule has 1 aromatic heterocycles. The molecule has 17 heavy (non-hydrogen) atoms. The quantitative estimate of drug-likeness (QED) is 0.713.